The number of hydrogen-bond acceptors (Lipinski definition) is 1. The van der Waals surface area contributed by atoms with Crippen molar-refractivity contribution in [3.63, 3.8) is 0 Å². The van der Waals surface area contributed by atoms with E-state index in [0.717, 1.165) is 5.19 Å². The number of rotatable bonds is 4. The predicted molar refractivity (Wildman–Crippen MR) is 94.1 cm³/mol. The zero-order valence-electron chi connectivity index (χ0n) is 13.3. The summed E-state index contributed by atoms with van der Waals surface area (Å²) in [6.45, 7) is 3.61. The summed E-state index contributed by atoms with van der Waals surface area (Å²) < 4.78 is 39.3. The molecule has 1 N–H and O–H groups in total. The highest BCUT2D eigenvalue weighted by molar-refractivity contribution is 6.95. The number of aliphatic hydroxyl groups excluding tert-OH is 1. The molecule has 2 rings (SSSR count). The average Bonchev–Trinajstić information content (AvgIpc) is 2.52. The van der Waals surface area contributed by atoms with Crippen molar-refractivity contribution in [1.82, 2.24) is 0 Å². The van der Waals surface area contributed by atoms with Gasteiger partial charge in [-0.1, -0.05) is 72.3 Å². The van der Waals surface area contributed by atoms with Gasteiger partial charge in [0.15, 0.2) is 0 Å². The first-order valence-electron chi connectivity index (χ1n) is 7.40. The number of benzene rings is 2. The zero-order valence-corrected chi connectivity index (χ0v) is 15.1. The van der Waals surface area contributed by atoms with E-state index in [1.54, 1.807) is 49.5 Å². The Bertz CT molecular complexity index is 709. The first kappa shape index (κ1) is 18.8. The molecular formula is C18H18ClF3OSi. The lowest BCUT2D eigenvalue weighted by Gasteiger charge is -2.31. The Morgan fingerprint density at radius 1 is 1.04 bits per heavy atom. The molecule has 0 bridgehead atoms. The molecule has 1 unspecified atom stereocenters. The summed E-state index contributed by atoms with van der Waals surface area (Å²) in [5, 5.41) is 12.0. The second-order valence-electron chi connectivity index (χ2n) is 6.09. The summed E-state index contributed by atoms with van der Waals surface area (Å²) >= 11 is 5.82. The van der Waals surface area contributed by atoms with E-state index in [-0.39, 0.29) is 11.3 Å². The lowest BCUT2D eigenvalue weighted by molar-refractivity contribution is -0.0809. The highest BCUT2D eigenvalue weighted by Crippen LogP contribution is 2.33. The fourth-order valence-corrected chi connectivity index (χ4v) is 5.48. The molecule has 6 heteroatoms. The van der Waals surface area contributed by atoms with Crippen molar-refractivity contribution < 1.29 is 18.3 Å². The van der Waals surface area contributed by atoms with Gasteiger partial charge in [0.1, 0.15) is 8.07 Å². The first-order valence-corrected chi connectivity index (χ1v) is 10.8. The number of allylic oxidation sites excluding steroid dienone is 1. The van der Waals surface area contributed by atoms with E-state index in [1.165, 1.54) is 0 Å². The van der Waals surface area contributed by atoms with Gasteiger partial charge in [0.05, 0.1) is 6.10 Å². The molecule has 0 aliphatic rings. The molecule has 0 saturated heterocycles. The molecule has 2 aromatic rings. The maximum atomic E-state index is 13.1. The molecule has 0 saturated carbocycles. The van der Waals surface area contributed by atoms with Crippen LogP contribution >= 0.6 is 11.6 Å². The molecule has 0 aliphatic carbocycles. The molecule has 2 aromatic carbocycles. The minimum atomic E-state index is -4.50. The first-order chi connectivity index (χ1) is 11.1. The van der Waals surface area contributed by atoms with Gasteiger partial charge in [0.2, 0.25) is 0 Å². The standard InChI is InChI=1S/C18H18ClF3OSi/c1-24(2,15-6-4-3-5-7-15)16(12-18(20,21)22)17(23)13-8-10-14(19)11-9-13/h3-12,17,23H,1-2H3/b16-12-. The second-order valence-corrected chi connectivity index (χ2v) is 10.9. The normalized spacial score (nSPS) is 14.5. The zero-order chi connectivity index (χ0) is 18.0. The molecule has 0 spiro atoms. The van der Waals surface area contributed by atoms with Gasteiger partial charge < -0.3 is 5.11 Å². The molecule has 1 nitrogen and oxygen atoms in total. The Labute approximate surface area is 145 Å². The van der Waals surface area contributed by atoms with Crippen molar-refractivity contribution in [2.45, 2.75) is 25.4 Å². The van der Waals surface area contributed by atoms with Gasteiger partial charge in [-0.2, -0.15) is 13.2 Å². The van der Waals surface area contributed by atoms with Crippen LogP contribution in [0.2, 0.25) is 18.1 Å². The fourth-order valence-electron chi connectivity index (χ4n) is 2.62. The van der Waals surface area contributed by atoms with Crippen molar-refractivity contribution >= 4 is 24.9 Å². The van der Waals surface area contributed by atoms with Crippen LogP contribution in [0.3, 0.4) is 0 Å². The number of halogens is 4. The van der Waals surface area contributed by atoms with Crippen LogP contribution in [-0.4, -0.2) is 19.4 Å². The van der Waals surface area contributed by atoms with E-state index in [1.807, 2.05) is 18.2 Å². The summed E-state index contributed by atoms with van der Waals surface area (Å²) in [6, 6.07) is 15.2. The molecule has 0 aromatic heterocycles. The Hall–Kier alpha value is -1.56. The molecular weight excluding hydrogens is 353 g/mol. The molecule has 0 aliphatic heterocycles. The lowest BCUT2D eigenvalue weighted by atomic mass is 10.1. The van der Waals surface area contributed by atoms with Gasteiger partial charge in [-0.25, -0.2) is 0 Å². The second kappa shape index (κ2) is 7.13. The Morgan fingerprint density at radius 3 is 2.08 bits per heavy atom. The van der Waals surface area contributed by atoms with Crippen LogP contribution in [0.5, 0.6) is 0 Å². The molecule has 0 fully saturated rings. The quantitative estimate of drug-likeness (QED) is 0.749. The van der Waals surface area contributed by atoms with Crippen LogP contribution in [0, 0.1) is 0 Å². The van der Waals surface area contributed by atoms with E-state index in [9.17, 15) is 18.3 Å². The van der Waals surface area contributed by atoms with Crippen LogP contribution in [-0.2, 0) is 0 Å². The SMILES string of the molecule is C[Si](C)(/C(=C\C(F)(F)F)C(O)c1ccc(Cl)cc1)c1ccccc1. The highest BCUT2D eigenvalue weighted by atomic mass is 35.5. The molecule has 0 heterocycles. The van der Waals surface area contributed by atoms with Gasteiger partial charge in [-0.15, -0.1) is 0 Å². The van der Waals surface area contributed by atoms with Crippen molar-refractivity contribution in [1.29, 1.82) is 0 Å². The minimum absolute atomic E-state index is 0.0172. The minimum Gasteiger partial charge on any atom is -0.384 e. The van der Waals surface area contributed by atoms with E-state index in [0.29, 0.717) is 10.6 Å². The number of hydrogen-bond donors (Lipinski definition) is 1. The van der Waals surface area contributed by atoms with Gasteiger partial charge in [-0.05, 0) is 22.9 Å². The maximum Gasteiger partial charge on any atom is 0.409 e. The smallest absolute Gasteiger partial charge is 0.384 e. The van der Waals surface area contributed by atoms with Crippen LogP contribution in [0.1, 0.15) is 11.7 Å². The fraction of sp³-hybridized carbons (Fsp3) is 0.222. The Balaban J connectivity index is 2.53. The Kier molecular flexibility index (Phi) is 5.58. The maximum absolute atomic E-state index is 13.1. The lowest BCUT2D eigenvalue weighted by Crippen LogP contribution is -2.46. The van der Waals surface area contributed by atoms with Crippen molar-refractivity contribution in [2.24, 2.45) is 0 Å². The summed E-state index contributed by atoms with van der Waals surface area (Å²) in [7, 11) is -2.72. The summed E-state index contributed by atoms with van der Waals surface area (Å²) in [6.07, 6.45) is -5.57. The third-order valence-corrected chi connectivity index (χ3v) is 7.91. The van der Waals surface area contributed by atoms with Crippen molar-refractivity contribution in [3.05, 3.63) is 76.5 Å². The summed E-state index contributed by atoms with van der Waals surface area (Å²) in [4.78, 5) is 0. The Morgan fingerprint density at radius 2 is 1.58 bits per heavy atom. The summed E-state index contributed by atoms with van der Waals surface area (Å²) in [5.41, 5.74) is 0.395. The van der Waals surface area contributed by atoms with E-state index in [4.69, 9.17) is 11.6 Å². The molecule has 0 radical (unpaired) electrons. The largest absolute Gasteiger partial charge is 0.409 e. The summed E-state index contributed by atoms with van der Waals surface area (Å²) in [5.74, 6) is 0. The van der Waals surface area contributed by atoms with Gasteiger partial charge in [-0.3, -0.25) is 0 Å². The predicted octanol–water partition coefficient (Wildman–Crippen LogP) is 5.02. The third kappa shape index (κ3) is 4.50. The monoisotopic (exact) mass is 370 g/mol. The van der Waals surface area contributed by atoms with Gasteiger partial charge in [0.25, 0.3) is 0 Å². The molecule has 128 valence electrons. The molecule has 1 atom stereocenters. The van der Waals surface area contributed by atoms with Crippen molar-refractivity contribution in [2.75, 3.05) is 0 Å². The third-order valence-electron chi connectivity index (χ3n) is 4.02. The van der Waals surface area contributed by atoms with Crippen molar-refractivity contribution in [3.8, 4) is 0 Å². The molecule has 0 amide bonds. The van der Waals surface area contributed by atoms with Crippen LogP contribution in [0.25, 0.3) is 0 Å². The number of alkyl halides is 3. The van der Waals surface area contributed by atoms with Gasteiger partial charge in [0, 0.05) is 11.1 Å². The van der Waals surface area contributed by atoms with Crippen LogP contribution in [0.4, 0.5) is 13.2 Å². The highest BCUT2D eigenvalue weighted by Gasteiger charge is 2.37. The van der Waals surface area contributed by atoms with E-state index in [2.05, 4.69) is 0 Å². The van der Waals surface area contributed by atoms with Crippen LogP contribution < -0.4 is 5.19 Å². The van der Waals surface area contributed by atoms with Gasteiger partial charge >= 0.3 is 6.18 Å². The van der Waals surface area contributed by atoms with E-state index < -0.39 is 20.4 Å². The van der Waals surface area contributed by atoms with E-state index >= 15 is 0 Å². The molecule has 24 heavy (non-hydrogen) atoms. The number of aliphatic hydroxyl groups is 1. The average molecular weight is 371 g/mol. The topological polar surface area (TPSA) is 20.2 Å². The van der Waals surface area contributed by atoms with Crippen LogP contribution in [0.15, 0.2) is 65.9 Å².